The summed E-state index contributed by atoms with van der Waals surface area (Å²) in [6.45, 7) is 3.98. The summed E-state index contributed by atoms with van der Waals surface area (Å²) in [7, 11) is 1.36. The van der Waals surface area contributed by atoms with Crippen LogP contribution in [0.3, 0.4) is 0 Å². The number of aromatic nitrogens is 7. The fourth-order valence-electron chi connectivity index (χ4n) is 4.14. The predicted octanol–water partition coefficient (Wildman–Crippen LogP) is 3.82. The summed E-state index contributed by atoms with van der Waals surface area (Å²) in [5.74, 6) is 0.0990. The number of fused-ring (bicyclic) bond motifs is 1. The molecular formula is C25H23N7O2. The van der Waals surface area contributed by atoms with Crippen molar-refractivity contribution in [2.45, 2.75) is 26.7 Å². The van der Waals surface area contributed by atoms with E-state index in [1.807, 2.05) is 31.2 Å². The molecule has 0 aliphatic carbocycles. The molecule has 3 heterocycles. The van der Waals surface area contributed by atoms with E-state index >= 15 is 0 Å². The van der Waals surface area contributed by atoms with Gasteiger partial charge >= 0.3 is 5.97 Å². The number of tetrazole rings is 1. The zero-order valence-electron chi connectivity index (χ0n) is 19.1. The molecule has 0 unspecified atom stereocenters. The Bertz CT molecular complexity index is 1470. The number of rotatable bonds is 6. The number of benzene rings is 2. The van der Waals surface area contributed by atoms with E-state index in [-0.39, 0.29) is 5.69 Å². The number of nitrogens with zero attached hydrogens (tertiary/aromatic N) is 6. The van der Waals surface area contributed by atoms with Gasteiger partial charge in [0.2, 0.25) is 5.82 Å². The molecule has 9 nitrogen and oxygen atoms in total. The molecule has 0 atom stereocenters. The number of ether oxygens (including phenoxy) is 1. The lowest BCUT2D eigenvalue weighted by Gasteiger charge is -2.09. The quantitative estimate of drug-likeness (QED) is 0.389. The summed E-state index contributed by atoms with van der Waals surface area (Å²) in [5, 5.41) is 19.2. The molecule has 34 heavy (non-hydrogen) atoms. The molecule has 5 aromatic rings. The van der Waals surface area contributed by atoms with Crippen molar-refractivity contribution in [2.75, 3.05) is 7.11 Å². The van der Waals surface area contributed by atoms with Crippen molar-refractivity contribution in [2.24, 2.45) is 0 Å². The molecule has 170 valence electrons. The lowest BCUT2D eigenvalue weighted by molar-refractivity contribution is 0.0594. The number of methoxy groups -OCH3 is 1. The molecule has 0 saturated heterocycles. The lowest BCUT2D eigenvalue weighted by atomic mass is 9.96. The number of esters is 1. The van der Waals surface area contributed by atoms with Crippen LogP contribution in [0.4, 0.5) is 0 Å². The molecule has 0 aliphatic heterocycles. The van der Waals surface area contributed by atoms with E-state index < -0.39 is 5.97 Å². The minimum absolute atomic E-state index is 0.282. The fourth-order valence-corrected chi connectivity index (χ4v) is 4.14. The summed E-state index contributed by atoms with van der Waals surface area (Å²) in [6.07, 6.45) is 1.42. The first-order chi connectivity index (χ1) is 16.6. The van der Waals surface area contributed by atoms with Gasteiger partial charge in [-0.25, -0.2) is 14.3 Å². The zero-order chi connectivity index (χ0) is 23.7. The average Bonchev–Trinajstić information content (AvgIpc) is 3.53. The highest BCUT2D eigenvalue weighted by atomic mass is 16.5. The molecule has 0 aliphatic rings. The van der Waals surface area contributed by atoms with Crippen LogP contribution in [-0.2, 0) is 17.6 Å². The molecule has 0 bridgehead atoms. The second-order valence-electron chi connectivity index (χ2n) is 7.94. The number of hydrogen-bond acceptors (Lipinski definition) is 7. The first kappa shape index (κ1) is 21.4. The van der Waals surface area contributed by atoms with Crippen molar-refractivity contribution in [3.05, 3.63) is 82.8 Å². The van der Waals surface area contributed by atoms with Crippen LogP contribution < -0.4 is 0 Å². The number of nitrogens with one attached hydrogen (secondary N) is 1. The number of aromatic amines is 1. The highest BCUT2D eigenvalue weighted by Crippen LogP contribution is 2.30. The summed E-state index contributed by atoms with van der Waals surface area (Å²) in [6, 6.07) is 18.0. The normalized spacial score (nSPS) is 11.1. The molecular weight excluding hydrogens is 430 g/mol. The van der Waals surface area contributed by atoms with E-state index in [1.54, 1.807) is 10.6 Å². The van der Waals surface area contributed by atoms with E-state index in [9.17, 15) is 4.79 Å². The van der Waals surface area contributed by atoms with E-state index in [4.69, 9.17) is 9.84 Å². The molecule has 1 N–H and O–H groups in total. The molecule has 0 fully saturated rings. The van der Waals surface area contributed by atoms with E-state index in [0.717, 1.165) is 45.6 Å². The van der Waals surface area contributed by atoms with Crippen LogP contribution in [0.25, 0.3) is 28.2 Å². The number of carbonyl (C=O) groups is 1. The third-order valence-electron chi connectivity index (χ3n) is 5.83. The SMILES string of the molecule is CCc1nn2c(C)cc(C(=O)OC)nc2c1Cc1ccc(-c2ccccc2-c2nn[nH]n2)cc1. The topological polar surface area (TPSA) is 111 Å². The van der Waals surface area contributed by atoms with Gasteiger partial charge in [-0.15, -0.1) is 10.2 Å². The van der Waals surface area contributed by atoms with Crippen LogP contribution in [0.1, 0.15) is 39.9 Å². The summed E-state index contributed by atoms with van der Waals surface area (Å²) in [4.78, 5) is 16.7. The maximum absolute atomic E-state index is 12.1. The lowest BCUT2D eigenvalue weighted by Crippen LogP contribution is -2.08. The van der Waals surface area contributed by atoms with E-state index in [2.05, 4.69) is 56.8 Å². The molecule has 2 aromatic carbocycles. The Labute approximate surface area is 195 Å². The Hall–Kier alpha value is -4.40. The maximum Gasteiger partial charge on any atom is 0.356 e. The average molecular weight is 454 g/mol. The zero-order valence-corrected chi connectivity index (χ0v) is 19.1. The minimum atomic E-state index is -0.458. The maximum atomic E-state index is 12.1. The third kappa shape index (κ3) is 3.81. The number of carbonyl (C=O) groups excluding carboxylic acids is 1. The molecule has 0 amide bonds. The number of aryl methyl sites for hydroxylation is 2. The minimum Gasteiger partial charge on any atom is -0.464 e. The van der Waals surface area contributed by atoms with Crippen LogP contribution in [0.5, 0.6) is 0 Å². The van der Waals surface area contributed by atoms with Gasteiger partial charge in [-0.3, -0.25) is 0 Å². The van der Waals surface area contributed by atoms with Gasteiger partial charge in [0.05, 0.1) is 12.8 Å². The van der Waals surface area contributed by atoms with Crippen LogP contribution in [0.2, 0.25) is 0 Å². The van der Waals surface area contributed by atoms with Crippen molar-refractivity contribution >= 4 is 11.6 Å². The van der Waals surface area contributed by atoms with Crippen molar-refractivity contribution in [3.63, 3.8) is 0 Å². The first-order valence-electron chi connectivity index (χ1n) is 11.0. The van der Waals surface area contributed by atoms with Crippen LogP contribution in [0.15, 0.2) is 54.6 Å². The highest BCUT2D eigenvalue weighted by molar-refractivity contribution is 5.88. The third-order valence-corrected chi connectivity index (χ3v) is 5.83. The van der Waals surface area contributed by atoms with Crippen LogP contribution in [0, 0.1) is 6.92 Å². The van der Waals surface area contributed by atoms with Gasteiger partial charge in [-0.2, -0.15) is 10.3 Å². The second kappa shape index (κ2) is 8.86. The van der Waals surface area contributed by atoms with Gasteiger partial charge < -0.3 is 4.74 Å². The van der Waals surface area contributed by atoms with Crippen molar-refractivity contribution < 1.29 is 9.53 Å². The van der Waals surface area contributed by atoms with E-state index in [0.29, 0.717) is 17.9 Å². The molecule has 0 saturated carbocycles. The number of H-pyrrole nitrogens is 1. The summed E-state index contributed by atoms with van der Waals surface area (Å²) >= 11 is 0. The molecule has 0 radical (unpaired) electrons. The smallest absolute Gasteiger partial charge is 0.356 e. The van der Waals surface area contributed by atoms with Crippen LogP contribution in [-0.4, -0.2) is 48.3 Å². The summed E-state index contributed by atoms with van der Waals surface area (Å²) < 4.78 is 6.68. The predicted molar refractivity (Wildman–Crippen MR) is 126 cm³/mol. The first-order valence-corrected chi connectivity index (χ1v) is 11.0. The number of hydrogen-bond donors (Lipinski definition) is 1. The van der Waals surface area contributed by atoms with Gasteiger partial charge in [-0.05, 0) is 41.3 Å². The largest absolute Gasteiger partial charge is 0.464 e. The Morgan fingerprint density at radius 2 is 1.85 bits per heavy atom. The standard InChI is InChI=1S/C25H23N7O2/c1-4-21-20(24-26-22(25(33)34-3)13-15(2)32(24)29-21)14-16-9-11-17(12-10-16)18-7-5-6-8-19(18)23-27-30-31-28-23/h5-13H,4,14H2,1-3H3,(H,27,28,30,31). The van der Waals surface area contributed by atoms with Gasteiger partial charge in [0.1, 0.15) is 0 Å². The van der Waals surface area contributed by atoms with Gasteiger partial charge in [-0.1, -0.05) is 55.5 Å². The fraction of sp³-hybridized carbons (Fsp3) is 0.200. The molecule has 0 spiro atoms. The Morgan fingerprint density at radius 3 is 2.53 bits per heavy atom. The van der Waals surface area contributed by atoms with Gasteiger partial charge in [0.25, 0.3) is 0 Å². The molecule has 5 rings (SSSR count). The van der Waals surface area contributed by atoms with Crippen LogP contribution >= 0.6 is 0 Å². The molecule has 9 heteroatoms. The Balaban J connectivity index is 1.51. The monoisotopic (exact) mass is 453 g/mol. The van der Waals surface area contributed by atoms with E-state index in [1.165, 1.54) is 7.11 Å². The van der Waals surface area contributed by atoms with Crippen molar-refractivity contribution in [1.82, 2.24) is 35.2 Å². The van der Waals surface area contributed by atoms with Crippen molar-refractivity contribution in [1.29, 1.82) is 0 Å². The van der Waals surface area contributed by atoms with Gasteiger partial charge in [0, 0.05) is 23.2 Å². The second-order valence-corrected chi connectivity index (χ2v) is 7.94. The summed E-state index contributed by atoms with van der Waals surface area (Å²) in [5.41, 5.74) is 7.89. The Kier molecular flexibility index (Phi) is 5.59. The van der Waals surface area contributed by atoms with Gasteiger partial charge in [0.15, 0.2) is 11.3 Å². The highest BCUT2D eigenvalue weighted by Gasteiger charge is 2.19. The molecule has 3 aromatic heterocycles. The van der Waals surface area contributed by atoms with Crippen molar-refractivity contribution in [3.8, 4) is 22.5 Å². The Morgan fingerprint density at radius 1 is 1.09 bits per heavy atom.